The standard InChI is InChI=1S/C20H23FN4O/c1-3-23-20(24-15-17-8-6-7-16(13-17)14-22)25(2)11-12-26-19-10-5-4-9-18(19)21/h4-10,13H,3,11-12,15H2,1-2H3,(H,23,24). The van der Waals surface area contributed by atoms with Crippen molar-refractivity contribution >= 4 is 5.96 Å². The third kappa shape index (κ3) is 5.78. The molecule has 0 aliphatic heterocycles. The van der Waals surface area contributed by atoms with Crippen LogP contribution < -0.4 is 10.1 Å². The van der Waals surface area contributed by atoms with Gasteiger partial charge >= 0.3 is 0 Å². The van der Waals surface area contributed by atoms with Crippen molar-refractivity contribution in [1.82, 2.24) is 10.2 Å². The van der Waals surface area contributed by atoms with E-state index in [9.17, 15) is 4.39 Å². The molecule has 5 nitrogen and oxygen atoms in total. The maximum atomic E-state index is 13.6. The van der Waals surface area contributed by atoms with E-state index in [-0.39, 0.29) is 11.6 Å². The highest BCUT2D eigenvalue weighted by Gasteiger charge is 2.07. The lowest BCUT2D eigenvalue weighted by molar-refractivity contribution is 0.270. The summed E-state index contributed by atoms with van der Waals surface area (Å²) in [6.07, 6.45) is 0. The van der Waals surface area contributed by atoms with Crippen LogP contribution in [0, 0.1) is 17.1 Å². The number of hydrogen-bond acceptors (Lipinski definition) is 3. The molecule has 0 saturated heterocycles. The first-order chi connectivity index (χ1) is 12.6. The molecule has 0 aromatic heterocycles. The van der Waals surface area contributed by atoms with Crippen molar-refractivity contribution in [3.05, 3.63) is 65.5 Å². The van der Waals surface area contributed by atoms with Crippen LogP contribution in [0.4, 0.5) is 4.39 Å². The molecule has 2 aromatic carbocycles. The van der Waals surface area contributed by atoms with Gasteiger partial charge in [-0.1, -0.05) is 24.3 Å². The van der Waals surface area contributed by atoms with E-state index in [0.717, 1.165) is 18.1 Å². The number of nitrogens with one attached hydrogen (secondary N) is 1. The Balaban J connectivity index is 1.94. The molecular formula is C20H23FN4O. The summed E-state index contributed by atoms with van der Waals surface area (Å²) in [5.41, 5.74) is 1.59. The molecule has 0 spiro atoms. The molecule has 136 valence electrons. The van der Waals surface area contributed by atoms with E-state index in [1.165, 1.54) is 6.07 Å². The van der Waals surface area contributed by atoms with Crippen LogP contribution in [0.3, 0.4) is 0 Å². The predicted octanol–water partition coefficient (Wildman–Crippen LogP) is 3.17. The summed E-state index contributed by atoms with van der Waals surface area (Å²) < 4.78 is 19.1. The zero-order chi connectivity index (χ0) is 18.8. The fourth-order valence-electron chi connectivity index (χ4n) is 2.34. The molecule has 2 rings (SSSR count). The molecule has 2 aromatic rings. The molecule has 0 bridgehead atoms. The number of rotatable bonds is 7. The fourth-order valence-corrected chi connectivity index (χ4v) is 2.34. The second-order valence-electron chi connectivity index (χ2n) is 5.68. The average Bonchev–Trinajstić information content (AvgIpc) is 2.66. The number of benzene rings is 2. The Kier molecular flexibility index (Phi) is 7.44. The van der Waals surface area contributed by atoms with E-state index >= 15 is 0 Å². The zero-order valence-corrected chi connectivity index (χ0v) is 15.1. The molecule has 6 heteroatoms. The summed E-state index contributed by atoms with van der Waals surface area (Å²) in [7, 11) is 1.90. The van der Waals surface area contributed by atoms with Crippen LogP contribution in [0.1, 0.15) is 18.1 Å². The number of nitrogens with zero attached hydrogens (tertiary/aromatic N) is 3. The van der Waals surface area contributed by atoms with Gasteiger partial charge in [-0.2, -0.15) is 5.26 Å². The van der Waals surface area contributed by atoms with E-state index in [4.69, 9.17) is 10.00 Å². The molecule has 0 fully saturated rings. The van der Waals surface area contributed by atoms with E-state index in [2.05, 4.69) is 16.4 Å². The zero-order valence-electron chi connectivity index (χ0n) is 15.1. The Morgan fingerprint density at radius 1 is 1.27 bits per heavy atom. The number of para-hydroxylation sites is 1. The van der Waals surface area contributed by atoms with Gasteiger partial charge in [0.15, 0.2) is 17.5 Å². The van der Waals surface area contributed by atoms with Crippen molar-refractivity contribution in [2.75, 3.05) is 26.7 Å². The van der Waals surface area contributed by atoms with Gasteiger partial charge in [0.2, 0.25) is 0 Å². The molecule has 26 heavy (non-hydrogen) atoms. The van der Waals surface area contributed by atoms with Crippen molar-refractivity contribution in [1.29, 1.82) is 5.26 Å². The normalized spacial score (nSPS) is 10.9. The van der Waals surface area contributed by atoms with Crippen LogP contribution in [0.5, 0.6) is 5.75 Å². The largest absolute Gasteiger partial charge is 0.489 e. The lowest BCUT2D eigenvalue weighted by Gasteiger charge is -2.22. The summed E-state index contributed by atoms with van der Waals surface area (Å²) in [5.74, 6) is 0.608. The summed E-state index contributed by atoms with van der Waals surface area (Å²) in [5, 5.41) is 12.2. The third-order valence-electron chi connectivity index (χ3n) is 3.68. The third-order valence-corrected chi connectivity index (χ3v) is 3.68. The van der Waals surface area contributed by atoms with E-state index in [1.807, 2.05) is 37.1 Å². The van der Waals surface area contributed by atoms with Gasteiger partial charge < -0.3 is 15.0 Å². The summed E-state index contributed by atoms with van der Waals surface area (Å²) in [6, 6.07) is 15.9. The second-order valence-corrected chi connectivity index (χ2v) is 5.68. The topological polar surface area (TPSA) is 60.7 Å². The molecule has 0 amide bonds. The monoisotopic (exact) mass is 354 g/mol. The van der Waals surface area contributed by atoms with Crippen molar-refractivity contribution in [3.8, 4) is 11.8 Å². The number of ether oxygens (including phenoxy) is 1. The van der Waals surface area contributed by atoms with Crippen molar-refractivity contribution in [2.45, 2.75) is 13.5 Å². The lowest BCUT2D eigenvalue weighted by Crippen LogP contribution is -2.40. The van der Waals surface area contributed by atoms with Gasteiger partial charge in [0.1, 0.15) is 6.61 Å². The summed E-state index contributed by atoms with van der Waals surface area (Å²) in [6.45, 7) is 4.09. The number of aliphatic imine (C=N–C) groups is 1. The maximum absolute atomic E-state index is 13.6. The summed E-state index contributed by atoms with van der Waals surface area (Å²) in [4.78, 5) is 6.52. The van der Waals surface area contributed by atoms with Crippen LogP contribution in [0.25, 0.3) is 0 Å². The van der Waals surface area contributed by atoms with Crippen LogP contribution >= 0.6 is 0 Å². The first-order valence-corrected chi connectivity index (χ1v) is 8.50. The van der Waals surface area contributed by atoms with Crippen molar-refractivity contribution < 1.29 is 9.13 Å². The van der Waals surface area contributed by atoms with Gasteiger partial charge in [0, 0.05) is 13.6 Å². The van der Waals surface area contributed by atoms with E-state index in [1.54, 1.807) is 24.3 Å². The fraction of sp³-hybridized carbons (Fsp3) is 0.300. The highest BCUT2D eigenvalue weighted by molar-refractivity contribution is 5.79. The predicted molar refractivity (Wildman–Crippen MR) is 100 cm³/mol. The van der Waals surface area contributed by atoms with Crippen LogP contribution in [-0.2, 0) is 6.54 Å². The molecule has 0 radical (unpaired) electrons. The second kappa shape index (κ2) is 10.0. The minimum Gasteiger partial charge on any atom is -0.489 e. The number of guanidine groups is 1. The number of nitriles is 1. The van der Waals surface area contributed by atoms with Gasteiger partial charge in [-0.15, -0.1) is 0 Å². The van der Waals surface area contributed by atoms with Gasteiger partial charge in [0.05, 0.1) is 24.7 Å². The minimum absolute atomic E-state index is 0.246. The maximum Gasteiger partial charge on any atom is 0.194 e. The molecule has 0 unspecified atom stereocenters. The first kappa shape index (κ1) is 19.3. The minimum atomic E-state index is -0.367. The Morgan fingerprint density at radius 2 is 2.08 bits per heavy atom. The Morgan fingerprint density at radius 3 is 2.81 bits per heavy atom. The van der Waals surface area contributed by atoms with Crippen LogP contribution in [0.2, 0.25) is 0 Å². The SMILES string of the molecule is CCNC(=NCc1cccc(C#N)c1)N(C)CCOc1ccccc1F. The quantitative estimate of drug-likeness (QED) is 0.613. The lowest BCUT2D eigenvalue weighted by atomic mass is 10.1. The highest BCUT2D eigenvalue weighted by Crippen LogP contribution is 2.15. The Bertz CT molecular complexity index is 785. The molecule has 0 saturated carbocycles. The van der Waals surface area contributed by atoms with Crippen LogP contribution in [-0.4, -0.2) is 37.6 Å². The number of likely N-dealkylation sites (N-methyl/N-ethyl adjacent to an activating group) is 1. The van der Waals surface area contributed by atoms with Gasteiger partial charge in [-0.25, -0.2) is 9.38 Å². The summed E-state index contributed by atoms with van der Waals surface area (Å²) >= 11 is 0. The molecule has 0 aliphatic carbocycles. The van der Waals surface area contributed by atoms with Gasteiger partial charge in [-0.3, -0.25) is 0 Å². The molecular weight excluding hydrogens is 331 g/mol. The van der Waals surface area contributed by atoms with Gasteiger partial charge in [-0.05, 0) is 36.8 Å². The van der Waals surface area contributed by atoms with E-state index < -0.39 is 0 Å². The smallest absolute Gasteiger partial charge is 0.194 e. The Labute approximate surface area is 153 Å². The van der Waals surface area contributed by atoms with Crippen molar-refractivity contribution in [2.24, 2.45) is 4.99 Å². The molecule has 1 N–H and O–H groups in total. The molecule has 0 heterocycles. The highest BCUT2D eigenvalue weighted by atomic mass is 19.1. The van der Waals surface area contributed by atoms with Crippen LogP contribution in [0.15, 0.2) is 53.5 Å². The first-order valence-electron chi connectivity index (χ1n) is 8.50. The molecule has 0 atom stereocenters. The van der Waals surface area contributed by atoms with Crippen molar-refractivity contribution in [3.63, 3.8) is 0 Å². The van der Waals surface area contributed by atoms with Gasteiger partial charge in [0.25, 0.3) is 0 Å². The number of halogens is 1. The van der Waals surface area contributed by atoms with E-state index in [0.29, 0.717) is 25.3 Å². The molecule has 0 aliphatic rings. The average molecular weight is 354 g/mol. The number of hydrogen-bond donors (Lipinski definition) is 1. The Hall–Kier alpha value is -3.07.